The second kappa shape index (κ2) is 5.47. The van der Waals surface area contributed by atoms with Crippen LogP contribution in [0.2, 0.25) is 0 Å². The van der Waals surface area contributed by atoms with Crippen LogP contribution in [0.4, 0.5) is 11.4 Å². The van der Waals surface area contributed by atoms with Gasteiger partial charge in [-0.1, -0.05) is 6.42 Å². The van der Waals surface area contributed by atoms with Crippen LogP contribution in [0.3, 0.4) is 0 Å². The zero-order valence-electron chi connectivity index (χ0n) is 9.93. The molecule has 1 saturated heterocycles. The monoisotopic (exact) mass is 246 g/mol. The second-order valence-electron chi connectivity index (χ2n) is 4.26. The first-order valence-electron chi connectivity index (χ1n) is 5.91. The van der Waals surface area contributed by atoms with E-state index >= 15 is 0 Å². The lowest BCUT2D eigenvalue weighted by molar-refractivity contribution is -0.385. The quantitative estimate of drug-likeness (QED) is 0.653. The number of rotatable bonds is 3. The molecule has 0 amide bonds. The zero-order valence-corrected chi connectivity index (χ0v) is 9.93. The largest absolute Gasteiger partial charge is 0.319 e. The average molecular weight is 246 g/mol. The Morgan fingerprint density at radius 1 is 1.33 bits per heavy atom. The molecular formula is C12H14N4O2. The van der Waals surface area contributed by atoms with E-state index in [1.165, 1.54) is 18.6 Å². The standard InChI is InChI=1S/C12H14N4O2/c13-9-10-4-5-11(8-12(10)16(17)18)14-15-6-2-1-3-7-15/h4-5,8,14H,1-3,6-7H2. The van der Waals surface area contributed by atoms with Gasteiger partial charge in [0.2, 0.25) is 0 Å². The summed E-state index contributed by atoms with van der Waals surface area (Å²) < 4.78 is 0. The van der Waals surface area contributed by atoms with E-state index in [2.05, 4.69) is 10.4 Å². The summed E-state index contributed by atoms with van der Waals surface area (Å²) in [6.07, 6.45) is 3.49. The fourth-order valence-corrected chi connectivity index (χ4v) is 2.04. The van der Waals surface area contributed by atoms with Crippen molar-refractivity contribution in [3.63, 3.8) is 0 Å². The van der Waals surface area contributed by atoms with Crippen molar-refractivity contribution in [2.24, 2.45) is 0 Å². The lowest BCUT2D eigenvalue weighted by Crippen LogP contribution is -2.34. The molecule has 0 saturated carbocycles. The van der Waals surface area contributed by atoms with Crippen molar-refractivity contribution < 1.29 is 4.92 Å². The fourth-order valence-electron chi connectivity index (χ4n) is 2.04. The van der Waals surface area contributed by atoms with Crippen molar-refractivity contribution in [1.29, 1.82) is 5.26 Å². The molecule has 1 aliphatic heterocycles. The average Bonchev–Trinajstić information content (AvgIpc) is 2.40. The topological polar surface area (TPSA) is 82.2 Å². The minimum absolute atomic E-state index is 0.0872. The predicted molar refractivity (Wildman–Crippen MR) is 66.9 cm³/mol. The number of hydrogen-bond acceptors (Lipinski definition) is 5. The summed E-state index contributed by atoms with van der Waals surface area (Å²) in [5.41, 5.74) is 3.74. The van der Waals surface area contributed by atoms with Gasteiger partial charge >= 0.3 is 0 Å². The molecule has 94 valence electrons. The van der Waals surface area contributed by atoms with E-state index in [0.29, 0.717) is 5.69 Å². The van der Waals surface area contributed by atoms with Crippen LogP contribution < -0.4 is 5.43 Å². The maximum Gasteiger partial charge on any atom is 0.289 e. The molecule has 1 aromatic carbocycles. The summed E-state index contributed by atoms with van der Waals surface area (Å²) in [5.74, 6) is 0. The minimum Gasteiger partial charge on any atom is -0.319 e. The van der Waals surface area contributed by atoms with E-state index < -0.39 is 4.92 Å². The van der Waals surface area contributed by atoms with Gasteiger partial charge < -0.3 is 5.43 Å². The number of nitro benzene ring substituents is 1. The summed E-state index contributed by atoms with van der Waals surface area (Å²) in [7, 11) is 0. The van der Waals surface area contributed by atoms with Crippen LogP contribution in [0.5, 0.6) is 0 Å². The third-order valence-corrected chi connectivity index (χ3v) is 2.96. The van der Waals surface area contributed by atoms with Gasteiger partial charge in [0.1, 0.15) is 11.6 Å². The van der Waals surface area contributed by atoms with Crippen molar-refractivity contribution in [1.82, 2.24) is 5.01 Å². The van der Waals surface area contributed by atoms with Gasteiger partial charge in [0, 0.05) is 19.2 Å². The highest BCUT2D eigenvalue weighted by atomic mass is 16.6. The molecular weight excluding hydrogens is 232 g/mol. The van der Waals surface area contributed by atoms with Crippen LogP contribution in [-0.4, -0.2) is 23.0 Å². The highest BCUT2D eigenvalue weighted by molar-refractivity contribution is 5.58. The van der Waals surface area contributed by atoms with Gasteiger partial charge in [-0.05, 0) is 25.0 Å². The minimum atomic E-state index is -0.528. The van der Waals surface area contributed by atoms with Gasteiger partial charge in [0.15, 0.2) is 0 Å². The third kappa shape index (κ3) is 2.76. The van der Waals surface area contributed by atoms with Gasteiger partial charge in [-0.2, -0.15) is 5.26 Å². The molecule has 0 spiro atoms. The molecule has 1 N–H and O–H groups in total. The number of nitrogens with zero attached hydrogens (tertiary/aromatic N) is 3. The molecule has 6 heteroatoms. The molecule has 1 aliphatic rings. The van der Waals surface area contributed by atoms with Gasteiger partial charge in [0.25, 0.3) is 5.69 Å². The molecule has 2 rings (SSSR count). The Labute approximate surface area is 105 Å². The number of hydrogen-bond donors (Lipinski definition) is 1. The molecule has 0 bridgehead atoms. The Balaban J connectivity index is 2.16. The van der Waals surface area contributed by atoms with Crippen molar-refractivity contribution in [2.45, 2.75) is 19.3 Å². The van der Waals surface area contributed by atoms with Crippen molar-refractivity contribution in [3.05, 3.63) is 33.9 Å². The maximum absolute atomic E-state index is 10.8. The molecule has 0 radical (unpaired) electrons. The van der Waals surface area contributed by atoms with Crippen LogP contribution >= 0.6 is 0 Å². The maximum atomic E-state index is 10.8. The number of benzene rings is 1. The molecule has 1 heterocycles. The van der Waals surface area contributed by atoms with Crippen LogP contribution in [0, 0.1) is 21.4 Å². The lowest BCUT2D eigenvalue weighted by atomic mass is 10.1. The summed E-state index contributed by atoms with van der Waals surface area (Å²) in [4.78, 5) is 10.3. The summed E-state index contributed by atoms with van der Waals surface area (Å²) in [6, 6.07) is 6.41. The van der Waals surface area contributed by atoms with E-state index in [-0.39, 0.29) is 11.3 Å². The fraction of sp³-hybridized carbons (Fsp3) is 0.417. The third-order valence-electron chi connectivity index (χ3n) is 2.96. The summed E-state index contributed by atoms with van der Waals surface area (Å²) >= 11 is 0. The van der Waals surface area contributed by atoms with Crippen LogP contribution in [0.15, 0.2) is 18.2 Å². The van der Waals surface area contributed by atoms with Gasteiger partial charge in [0.05, 0.1) is 10.6 Å². The number of nitriles is 1. The normalized spacial score (nSPS) is 15.9. The first-order chi connectivity index (χ1) is 8.70. The Morgan fingerprint density at radius 3 is 2.67 bits per heavy atom. The number of hydrazine groups is 1. The van der Waals surface area contributed by atoms with E-state index in [4.69, 9.17) is 5.26 Å². The molecule has 1 fully saturated rings. The molecule has 18 heavy (non-hydrogen) atoms. The zero-order chi connectivity index (χ0) is 13.0. The van der Waals surface area contributed by atoms with Crippen molar-refractivity contribution >= 4 is 11.4 Å². The highest BCUT2D eigenvalue weighted by Crippen LogP contribution is 2.23. The Morgan fingerprint density at radius 2 is 2.06 bits per heavy atom. The van der Waals surface area contributed by atoms with Crippen LogP contribution in [0.1, 0.15) is 24.8 Å². The predicted octanol–water partition coefficient (Wildman–Crippen LogP) is 2.28. The first kappa shape index (κ1) is 12.3. The second-order valence-corrected chi connectivity index (χ2v) is 4.26. The van der Waals surface area contributed by atoms with E-state index in [0.717, 1.165) is 25.9 Å². The highest BCUT2D eigenvalue weighted by Gasteiger charge is 2.16. The van der Waals surface area contributed by atoms with Crippen LogP contribution in [-0.2, 0) is 0 Å². The van der Waals surface area contributed by atoms with Gasteiger partial charge in [-0.15, -0.1) is 0 Å². The van der Waals surface area contributed by atoms with Crippen LogP contribution in [0.25, 0.3) is 0 Å². The molecule has 0 aromatic heterocycles. The van der Waals surface area contributed by atoms with Gasteiger partial charge in [-0.3, -0.25) is 10.1 Å². The Bertz CT molecular complexity index is 489. The Kier molecular flexibility index (Phi) is 3.75. The van der Waals surface area contributed by atoms with Crippen molar-refractivity contribution in [3.8, 4) is 6.07 Å². The summed E-state index contributed by atoms with van der Waals surface area (Å²) in [6.45, 7) is 1.88. The van der Waals surface area contributed by atoms with E-state index in [1.54, 1.807) is 6.07 Å². The first-order valence-corrected chi connectivity index (χ1v) is 5.91. The summed E-state index contributed by atoms with van der Waals surface area (Å²) in [5, 5.41) is 21.7. The molecule has 0 aliphatic carbocycles. The number of nitrogens with one attached hydrogen (secondary N) is 1. The molecule has 6 nitrogen and oxygen atoms in total. The smallest absolute Gasteiger partial charge is 0.289 e. The molecule has 0 atom stereocenters. The molecule has 1 aromatic rings. The Hall–Kier alpha value is -2.13. The number of nitro groups is 1. The van der Waals surface area contributed by atoms with Crippen molar-refractivity contribution in [2.75, 3.05) is 18.5 Å². The van der Waals surface area contributed by atoms with E-state index in [1.807, 2.05) is 6.07 Å². The SMILES string of the molecule is N#Cc1ccc(NN2CCCCC2)cc1[N+](=O)[O-]. The van der Waals surface area contributed by atoms with Gasteiger partial charge in [-0.25, -0.2) is 5.01 Å². The van der Waals surface area contributed by atoms with E-state index in [9.17, 15) is 10.1 Å². The molecule has 0 unspecified atom stereocenters. The number of anilines is 1. The number of piperidine rings is 1. The lowest BCUT2D eigenvalue weighted by Gasteiger charge is -2.27.